The SMILES string of the molecule is COCC(=O)N(C)C[C@@H]1Oc2ncc(C#C[C@H](C)O)cc2C(=O)N([C@@H](C)CO)C[C@H]1C. The highest BCUT2D eigenvalue weighted by atomic mass is 16.5. The molecule has 1 aliphatic rings. The fourth-order valence-electron chi connectivity index (χ4n) is 3.18. The summed E-state index contributed by atoms with van der Waals surface area (Å²) < 4.78 is 11.0. The molecule has 1 aromatic heterocycles. The lowest BCUT2D eigenvalue weighted by atomic mass is 10.00. The number of hydrogen-bond acceptors (Lipinski definition) is 7. The fourth-order valence-corrected chi connectivity index (χ4v) is 3.18. The maximum atomic E-state index is 13.3. The van der Waals surface area contributed by atoms with Gasteiger partial charge in [0.25, 0.3) is 5.91 Å². The summed E-state index contributed by atoms with van der Waals surface area (Å²) in [6.07, 6.45) is 0.225. The van der Waals surface area contributed by atoms with Crippen molar-refractivity contribution in [1.82, 2.24) is 14.8 Å². The van der Waals surface area contributed by atoms with Gasteiger partial charge in [-0.2, -0.15) is 0 Å². The molecule has 2 N–H and O–H groups in total. The Labute approximate surface area is 183 Å². The largest absolute Gasteiger partial charge is 0.472 e. The third kappa shape index (κ3) is 6.40. The van der Waals surface area contributed by atoms with E-state index in [4.69, 9.17) is 9.47 Å². The number of nitrogens with zero attached hydrogens (tertiary/aromatic N) is 3. The minimum atomic E-state index is -0.815. The van der Waals surface area contributed by atoms with Crippen LogP contribution in [0.25, 0.3) is 0 Å². The van der Waals surface area contributed by atoms with Crippen LogP contribution in [0.2, 0.25) is 0 Å². The van der Waals surface area contributed by atoms with Gasteiger partial charge in [-0.3, -0.25) is 9.59 Å². The second-order valence-electron chi connectivity index (χ2n) is 7.85. The number of aromatic nitrogens is 1. The van der Waals surface area contributed by atoms with Crippen LogP contribution in [0.5, 0.6) is 5.88 Å². The van der Waals surface area contributed by atoms with Gasteiger partial charge < -0.3 is 29.5 Å². The number of aliphatic hydroxyl groups is 2. The molecule has 170 valence electrons. The molecule has 0 aromatic carbocycles. The molecule has 0 fully saturated rings. The van der Waals surface area contributed by atoms with Gasteiger partial charge in [-0.05, 0) is 19.9 Å². The highest BCUT2D eigenvalue weighted by molar-refractivity contribution is 5.97. The zero-order chi connectivity index (χ0) is 23.1. The predicted molar refractivity (Wildman–Crippen MR) is 113 cm³/mol. The predicted octanol–water partition coefficient (Wildman–Crippen LogP) is 0.139. The summed E-state index contributed by atoms with van der Waals surface area (Å²) in [5.74, 6) is 4.91. The first-order valence-corrected chi connectivity index (χ1v) is 10.2. The first-order valence-electron chi connectivity index (χ1n) is 10.2. The van der Waals surface area contributed by atoms with Gasteiger partial charge in [-0.1, -0.05) is 18.8 Å². The molecule has 31 heavy (non-hydrogen) atoms. The standard InChI is InChI=1S/C22H31N3O6/c1-14-10-25(15(2)12-26)22(29)18-8-17(7-6-16(3)27)9-23-21(18)31-19(14)11-24(4)20(28)13-30-5/h8-9,14-16,19,26-27H,10-13H2,1-5H3/t14-,15+,16+,19+/m1/s1. The molecule has 0 saturated carbocycles. The van der Waals surface area contributed by atoms with E-state index in [1.807, 2.05) is 6.92 Å². The van der Waals surface area contributed by atoms with Gasteiger partial charge in [0.05, 0.1) is 19.2 Å². The second kappa shape index (κ2) is 11.1. The van der Waals surface area contributed by atoms with Gasteiger partial charge in [-0.15, -0.1) is 0 Å². The number of likely N-dealkylation sites (N-methyl/N-ethyl adjacent to an activating group) is 1. The van der Waals surface area contributed by atoms with Crippen molar-refractivity contribution in [3.63, 3.8) is 0 Å². The molecule has 2 amide bonds. The number of amides is 2. The molecule has 0 spiro atoms. The highest BCUT2D eigenvalue weighted by Gasteiger charge is 2.34. The molecular formula is C22H31N3O6. The molecule has 4 atom stereocenters. The number of carbonyl (C=O) groups is 2. The zero-order valence-electron chi connectivity index (χ0n) is 18.7. The van der Waals surface area contributed by atoms with Gasteiger partial charge in [0.2, 0.25) is 11.8 Å². The van der Waals surface area contributed by atoms with Crippen LogP contribution < -0.4 is 4.74 Å². The lowest BCUT2D eigenvalue weighted by Crippen LogP contribution is -2.50. The fraction of sp³-hybridized carbons (Fsp3) is 0.591. The zero-order valence-corrected chi connectivity index (χ0v) is 18.7. The lowest BCUT2D eigenvalue weighted by Gasteiger charge is -2.37. The molecule has 2 heterocycles. The van der Waals surface area contributed by atoms with E-state index in [9.17, 15) is 19.8 Å². The first-order chi connectivity index (χ1) is 14.7. The Hall–Kier alpha value is -2.67. The Kier molecular flexibility index (Phi) is 8.80. The molecule has 0 unspecified atom stereocenters. The molecule has 9 nitrogen and oxygen atoms in total. The third-order valence-corrected chi connectivity index (χ3v) is 5.09. The van der Waals surface area contributed by atoms with E-state index in [0.717, 1.165) is 0 Å². The van der Waals surface area contributed by atoms with Crippen LogP contribution in [0, 0.1) is 17.8 Å². The number of ether oxygens (including phenoxy) is 2. The summed E-state index contributed by atoms with van der Waals surface area (Å²) in [6, 6.07) is 1.16. The monoisotopic (exact) mass is 433 g/mol. The van der Waals surface area contributed by atoms with Crippen LogP contribution >= 0.6 is 0 Å². The summed E-state index contributed by atoms with van der Waals surface area (Å²) in [6.45, 7) is 5.62. The van der Waals surface area contributed by atoms with Crippen molar-refractivity contribution in [3.05, 3.63) is 23.4 Å². The van der Waals surface area contributed by atoms with Gasteiger partial charge in [0, 0.05) is 38.4 Å². The van der Waals surface area contributed by atoms with Crippen LogP contribution in [-0.4, -0.2) is 95.5 Å². The minimum absolute atomic E-state index is 0.0378. The van der Waals surface area contributed by atoms with E-state index in [-0.39, 0.29) is 48.9 Å². The molecule has 1 aromatic rings. The molecular weight excluding hydrogens is 402 g/mol. The van der Waals surface area contributed by atoms with Crippen LogP contribution in [-0.2, 0) is 9.53 Å². The Morgan fingerprint density at radius 1 is 1.48 bits per heavy atom. The van der Waals surface area contributed by atoms with Crippen molar-refractivity contribution in [2.24, 2.45) is 5.92 Å². The summed E-state index contributed by atoms with van der Waals surface area (Å²) in [4.78, 5) is 32.8. The van der Waals surface area contributed by atoms with E-state index in [0.29, 0.717) is 12.1 Å². The number of aliphatic hydroxyl groups excluding tert-OH is 2. The maximum Gasteiger partial charge on any atom is 0.259 e. The lowest BCUT2D eigenvalue weighted by molar-refractivity contribution is -0.135. The number of hydrogen-bond donors (Lipinski definition) is 2. The van der Waals surface area contributed by atoms with E-state index in [1.165, 1.54) is 18.2 Å². The molecule has 1 aliphatic heterocycles. The Bertz CT molecular complexity index is 847. The normalized spacial score (nSPS) is 20.4. The first kappa shape index (κ1) is 24.6. The average molecular weight is 434 g/mol. The van der Waals surface area contributed by atoms with Crippen molar-refractivity contribution >= 4 is 11.8 Å². The van der Waals surface area contributed by atoms with Crippen LogP contribution in [0.15, 0.2) is 12.3 Å². The van der Waals surface area contributed by atoms with Crippen LogP contribution in [0.3, 0.4) is 0 Å². The molecule has 0 aliphatic carbocycles. The molecule has 0 saturated heterocycles. The topological polar surface area (TPSA) is 112 Å². The van der Waals surface area contributed by atoms with Gasteiger partial charge >= 0.3 is 0 Å². The van der Waals surface area contributed by atoms with E-state index in [1.54, 1.807) is 31.9 Å². The van der Waals surface area contributed by atoms with E-state index in [2.05, 4.69) is 16.8 Å². The number of rotatable bonds is 6. The highest BCUT2D eigenvalue weighted by Crippen LogP contribution is 2.27. The van der Waals surface area contributed by atoms with Gasteiger partial charge in [0.1, 0.15) is 24.4 Å². The molecule has 0 radical (unpaired) electrons. The van der Waals surface area contributed by atoms with Crippen LogP contribution in [0.1, 0.15) is 36.7 Å². The van der Waals surface area contributed by atoms with Crippen molar-refractivity contribution in [3.8, 4) is 17.7 Å². The number of fused-ring (bicyclic) bond motifs is 1. The maximum absolute atomic E-state index is 13.3. The summed E-state index contributed by atoms with van der Waals surface area (Å²) in [5.41, 5.74) is 0.686. The van der Waals surface area contributed by atoms with Crippen molar-refractivity contribution in [2.45, 2.75) is 39.0 Å². The number of carbonyl (C=O) groups excluding carboxylic acids is 2. The molecule has 9 heteroatoms. The Morgan fingerprint density at radius 2 is 2.19 bits per heavy atom. The van der Waals surface area contributed by atoms with E-state index >= 15 is 0 Å². The Morgan fingerprint density at radius 3 is 2.81 bits per heavy atom. The van der Waals surface area contributed by atoms with E-state index < -0.39 is 18.2 Å². The summed E-state index contributed by atoms with van der Waals surface area (Å²) >= 11 is 0. The van der Waals surface area contributed by atoms with Crippen LogP contribution in [0.4, 0.5) is 0 Å². The third-order valence-electron chi connectivity index (χ3n) is 5.09. The summed E-state index contributed by atoms with van der Waals surface area (Å²) in [7, 11) is 3.12. The van der Waals surface area contributed by atoms with Crippen molar-refractivity contribution < 1.29 is 29.3 Å². The Balaban J connectivity index is 2.44. The smallest absolute Gasteiger partial charge is 0.259 e. The molecule has 0 bridgehead atoms. The van der Waals surface area contributed by atoms with Gasteiger partial charge in [0.15, 0.2) is 0 Å². The van der Waals surface area contributed by atoms with Crippen molar-refractivity contribution in [2.75, 3.05) is 40.5 Å². The second-order valence-corrected chi connectivity index (χ2v) is 7.85. The average Bonchev–Trinajstić information content (AvgIpc) is 2.74. The summed E-state index contributed by atoms with van der Waals surface area (Å²) in [5, 5.41) is 19.1. The van der Waals surface area contributed by atoms with Crippen molar-refractivity contribution in [1.29, 1.82) is 0 Å². The minimum Gasteiger partial charge on any atom is -0.472 e. The molecule has 2 rings (SSSR count). The number of pyridine rings is 1. The van der Waals surface area contributed by atoms with Gasteiger partial charge in [-0.25, -0.2) is 4.98 Å². The number of methoxy groups -OCH3 is 1. The quantitative estimate of drug-likeness (QED) is 0.614.